The lowest BCUT2D eigenvalue weighted by molar-refractivity contribution is -0.385. The molecule has 0 amide bonds. The fourth-order valence-electron chi connectivity index (χ4n) is 0.998. The molecule has 0 atom stereocenters. The Morgan fingerprint density at radius 1 is 1.69 bits per heavy atom. The summed E-state index contributed by atoms with van der Waals surface area (Å²) >= 11 is 3.24. The average Bonchev–Trinajstić information content (AvgIpc) is 2.29. The van der Waals surface area contributed by atoms with Crippen LogP contribution >= 0.6 is 15.9 Å². The van der Waals surface area contributed by atoms with E-state index in [9.17, 15) is 10.1 Å². The number of alkyl halides is 1. The third-order valence-corrected chi connectivity index (χ3v) is 2.08. The van der Waals surface area contributed by atoms with E-state index in [0.717, 1.165) is 11.5 Å². The molecule has 0 aliphatic carbocycles. The fourth-order valence-corrected chi connectivity index (χ4v) is 1.20. The van der Waals surface area contributed by atoms with Crippen LogP contribution in [0.25, 0.3) is 0 Å². The minimum Gasteiger partial charge on any atom is -0.480 e. The highest BCUT2D eigenvalue weighted by atomic mass is 79.9. The van der Waals surface area contributed by atoms with Gasteiger partial charge < -0.3 is 4.74 Å². The van der Waals surface area contributed by atoms with E-state index in [1.54, 1.807) is 0 Å². The summed E-state index contributed by atoms with van der Waals surface area (Å²) in [7, 11) is 1.45. The molecular weight excluding hydrogens is 276 g/mol. The molecule has 1 heterocycles. The maximum atomic E-state index is 10.6. The van der Waals surface area contributed by atoms with Gasteiger partial charge in [-0.2, -0.15) is 0 Å². The van der Waals surface area contributed by atoms with Crippen LogP contribution in [0.1, 0.15) is 12.0 Å². The van der Waals surface area contributed by atoms with Crippen molar-refractivity contribution in [3.8, 4) is 17.7 Å². The number of pyridine rings is 1. The van der Waals surface area contributed by atoms with Gasteiger partial charge in [-0.3, -0.25) is 10.1 Å². The second-order valence-corrected chi connectivity index (χ2v) is 3.54. The van der Waals surface area contributed by atoms with Gasteiger partial charge in [-0.05, 0) is 0 Å². The zero-order valence-electron chi connectivity index (χ0n) is 8.57. The quantitative estimate of drug-likeness (QED) is 0.369. The highest BCUT2D eigenvalue weighted by molar-refractivity contribution is 9.09. The van der Waals surface area contributed by atoms with Crippen LogP contribution in [0, 0.1) is 22.0 Å². The third-order valence-electron chi connectivity index (χ3n) is 1.68. The predicted molar refractivity (Wildman–Crippen MR) is 62.7 cm³/mol. The Hall–Kier alpha value is -1.61. The minimum atomic E-state index is -0.512. The van der Waals surface area contributed by atoms with Gasteiger partial charge in [0.05, 0.1) is 17.6 Å². The van der Waals surface area contributed by atoms with E-state index in [4.69, 9.17) is 4.74 Å². The highest BCUT2D eigenvalue weighted by Crippen LogP contribution is 2.19. The first kappa shape index (κ1) is 12.5. The Balaban J connectivity index is 3.08. The fraction of sp³-hybridized carbons (Fsp3) is 0.300. The molecule has 1 aromatic heterocycles. The molecule has 0 unspecified atom stereocenters. The van der Waals surface area contributed by atoms with E-state index >= 15 is 0 Å². The summed E-state index contributed by atoms with van der Waals surface area (Å²) in [6.45, 7) is 0. The normalized spacial score (nSPS) is 9.12. The molecule has 6 heteroatoms. The molecule has 1 rings (SSSR count). The van der Waals surface area contributed by atoms with Gasteiger partial charge in [0.2, 0.25) is 5.88 Å². The van der Waals surface area contributed by atoms with Gasteiger partial charge in [0.15, 0.2) is 0 Å². The number of nitrogens with zero attached hydrogens (tertiary/aromatic N) is 2. The standard InChI is InChI=1S/C10H9BrN2O3/c1-16-10-8(4-2-3-5-11)6-9(7-12-10)13(14)15/h6-7H,3,5H2,1H3. The minimum absolute atomic E-state index is 0.0936. The van der Waals surface area contributed by atoms with Crippen LogP contribution in [0.2, 0.25) is 0 Å². The first-order valence-electron chi connectivity index (χ1n) is 4.42. The molecule has 0 aromatic carbocycles. The molecular formula is C10H9BrN2O3. The lowest BCUT2D eigenvalue weighted by Crippen LogP contribution is -1.95. The van der Waals surface area contributed by atoms with Gasteiger partial charge in [0.25, 0.3) is 5.69 Å². The molecule has 0 saturated carbocycles. The molecule has 0 radical (unpaired) electrons. The summed E-state index contributed by atoms with van der Waals surface area (Å²) in [5, 5.41) is 11.3. The van der Waals surface area contributed by atoms with E-state index in [1.807, 2.05) is 0 Å². The number of nitro groups is 1. The van der Waals surface area contributed by atoms with Crippen molar-refractivity contribution in [1.29, 1.82) is 0 Å². The monoisotopic (exact) mass is 284 g/mol. The number of ether oxygens (including phenoxy) is 1. The van der Waals surface area contributed by atoms with Gasteiger partial charge in [-0.15, -0.1) is 0 Å². The lowest BCUT2D eigenvalue weighted by atomic mass is 10.2. The van der Waals surface area contributed by atoms with Gasteiger partial charge in [0.1, 0.15) is 6.20 Å². The predicted octanol–water partition coefficient (Wildman–Crippen LogP) is 2.13. The Morgan fingerprint density at radius 3 is 3.00 bits per heavy atom. The zero-order chi connectivity index (χ0) is 12.0. The summed E-state index contributed by atoms with van der Waals surface area (Å²) in [6.07, 6.45) is 1.81. The van der Waals surface area contributed by atoms with Crippen LogP contribution in [0.5, 0.6) is 5.88 Å². The molecule has 0 spiro atoms. The van der Waals surface area contributed by atoms with E-state index < -0.39 is 4.92 Å². The van der Waals surface area contributed by atoms with Crippen LogP contribution in [0.3, 0.4) is 0 Å². The topological polar surface area (TPSA) is 65.3 Å². The van der Waals surface area contributed by atoms with Crippen molar-refractivity contribution in [2.45, 2.75) is 6.42 Å². The van der Waals surface area contributed by atoms with Gasteiger partial charge in [-0.1, -0.05) is 27.8 Å². The molecule has 16 heavy (non-hydrogen) atoms. The SMILES string of the molecule is COc1ncc([N+](=O)[O-])cc1C#CCCBr. The van der Waals surface area contributed by atoms with Crippen molar-refractivity contribution in [3.05, 3.63) is 27.9 Å². The van der Waals surface area contributed by atoms with Crippen LogP contribution < -0.4 is 4.74 Å². The highest BCUT2D eigenvalue weighted by Gasteiger charge is 2.10. The van der Waals surface area contributed by atoms with Gasteiger partial charge in [0, 0.05) is 17.8 Å². The van der Waals surface area contributed by atoms with Crippen LogP contribution in [0.4, 0.5) is 5.69 Å². The van der Waals surface area contributed by atoms with Gasteiger partial charge in [-0.25, -0.2) is 4.98 Å². The largest absolute Gasteiger partial charge is 0.480 e. The van der Waals surface area contributed by atoms with E-state index in [0.29, 0.717) is 17.9 Å². The Bertz CT molecular complexity index is 451. The summed E-state index contributed by atoms with van der Waals surface area (Å²) in [6, 6.07) is 1.35. The first-order chi connectivity index (χ1) is 7.69. The molecule has 84 valence electrons. The molecule has 0 N–H and O–H groups in total. The maximum Gasteiger partial charge on any atom is 0.289 e. The van der Waals surface area contributed by atoms with Crippen molar-refractivity contribution in [2.24, 2.45) is 0 Å². The van der Waals surface area contributed by atoms with Crippen LogP contribution in [0.15, 0.2) is 12.3 Å². The molecule has 0 bridgehead atoms. The number of rotatable bonds is 3. The molecule has 0 fully saturated rings. The van der Waals surface area contributed by atoms with Crippen molar-refractivity contribution in [1.82, 2.24) is 4.98 Å². The summed E-state index contributed by atoms with van der Waals surface area (Å²) in [4.78, 5) is 13.9. The molecule has 0 aliphatic rings. The second kappa shape index (κ2) is 6.08. The first-order valence-corrected chi connectivity index (χ1v) is 5.54. The van der Waals surface area contributed by atoms with Crippen molar-refractivity contribution in [3.63, 3.8) is 0 Å². The van der Waals surface area contributed by atoms with Gasteiger partial charge >= 0.3 is 0 Å². The number of hydrogen-bond donors (Lipinski definition) is 0. The van der Waals surface area contributed by atoms with E-state index in [-0.39, 0.29) is 5.69 Å². The zero-order valence-corrected chi connectivity index (χ0v) is 10.2. The molecule has 5 nitrogen and oxygen atoms in total. The number of aromatic nitrogens is 1. The molecule has 0 saturated heterocycles. The summed E-state index contributed by atoms with van der Waals surface area (Å²) in [5.41, 5.74) is 0.335. The Kier molecular flexibility index (Phi) is 4.73. The van der Waals surface area contributed by atoms with E-state index in [1.165, 1.54) is 13.2 Å². The van der Waals surface area contributed by atoms with Crippen molar-refractivity contribution in [2.75, 3.05) is 12.4 Å². The molecule has 0 aliphatic heterocycles. The van der Waals surface area contributed by atoms with Crippen molar-refractivity contribution < 1.29 is 9.66 Å². The average molecular weight is 285 g/mol. The smallest absolute Gasteiger partial charge is 0.289 e. The van der Waals surface area contributed by atoms with Crippen LogP contribution in [-0.2, 0) is 0 Å². The summed E-state index contributed by atoms with van der Waals surface area (Å²) < 4.78 is 4.96. The number of hydrogen-bond acceptors (Lipinski definition) is 4. The summed E-state index contributed by atoms with van der Waals surface area (Å²) in [5.74, 6) is 5.94. The second-order valence-electron chi connectivity index (χ2n) is 2.75. The van der Waals surface area contributed by atoms with Crippen molar-refractivity contribution >= 4 is 21.6 Å². The molecule has 1 aromatic rings. The third kappa shape index (κ3) is 3.21. The maximum absolute atomic E-state index is 10.6. The Morgan fingerprint density at radius 2 is 2.44 bits per heavy atom. The number of methoxy groups -OCH3 is 1. The lowest BCUT2D eigenvalue weighted by Gasteiger charge is -2.00. The number of halogens is 1. The Labute approximate surface area is 101 Å². The van der Waals surface area contributed by atoms with E-state index in [2.05, 4.69) is 32.8 Å². The van der Waals surface area contributed by atoms with Crippen LogP contribution in [-0.4, -0.2) is 22.3 Å².